The molecule has 134 valence electrons. The fourth-order valence-corrected chi connectivity index (χ4v) is 2.80. The molecule has 2 N–H and O–H groups in total. The first-order valence-corrected chi connectivity index (χ1v) is 7.86. The number of nitrogens with zero attached hydrogens (tertiary/aromatic N) is 1. The number of benzene rings is 1. The Labute approximate surface area is 139 Å². The zero-order valence-corrected chi connectivity index (χ0v) is 14.1. The molecule has 0 spiro atoms. The molecule has 1 aromatic carbocycles. The van der Waals surface area contributed by atoms with Gasteiger partial charge in [0.05, 0.1) is 5.56 Å². The first kappa shape index (κ1) is 18.6. The average Bonchev–Trinajstić information content (AvgIpc) is 2.44. The number of nitrogens with two attached hydrogens (primary N) is 1. The molecule has 1 aliphatic heterocycles. The summed E-state index contributed by atoms with van der Waals surface area (Å²) in [6, 6.07) is 4.80. The number of hydrogen-bond donors (Lipinski definition) is 1. The fourth-order valence-electron chi connectivity index (χ4n) is 2.80. The van der Waals surface area contributed by atoms with Crippen molar-refractivity contribution in [2.75, 3.05) is 13.1 Å². The minimum atomic E-state index is -4.36. The maximum Gasteiger partial charge on any atom is 0.416 e. The zero-order valence-electron chi connectivity index (χ0n) is 14.1. The molecule has 4 nitrogen and oxygen atoms in total. The lowest BCUT2D eigenvalue weighted by Crippen LogP contribution is -2.50. The lowest BCUT2D eigenvalue weighted by molar-refractivity contribution is -0.137. The standard InChI is InChI=1S/C17H23F3N2O2/c1-16(2,3)24-15(23)22-9-12(8-14(21)10-22)11-4-6-13(7-5-11)17(18,19)20/h4-7,12,14H,8-10,21H2,1-3H3/t12-,14+/m0/s1. The van der Waals surface area contributed by atoms with Crippen molar-refractivity contribution in [2.24, 2.45) is 5.73 Å². The number of ether oxygens (including phenoxy) is 1. The van der Waals surface area contributed by atoms with Gasteiger partial charge >= 0.3 is 12.3 Å². The molecule has 0 saturated carbocycles. The summed E-state index contributed by atoms with van der Waals surface area (Å²) in [6.07, 6.45) is -4.19. The van der Waals surface area contributed by atoms with E-state index < -0.39 is 23.4 Å². The molecule has 1 fully saturated rings. The second-order valence-corrected chi connectivity index (χ2v) is 7.20. The molecule has 1 aliphatic rings. The highest BCUT2D eigenvalue weighted by Gasteiger charge is 2.33. The van der Waals surface area contributed by atoms with Crippen molar-refractivity contribution < 1.29 is 22.7 Å². The number of amides is 1. The number of carbonyl (C=O) groups excluding carboxylic acids is 1. The molecule has 1 amide bonds. The van der Waals surface area contributed by atoms with Gasteiger partial charge in [0.25, 0.3) is 0 Å². The van der Waals surface area contributed by atoms with Crippen LogP contribution in [0.2, 0.25) is 0 Å². The largest absolute Gasteiger partial charge is 0.444 e. The van der Waals surface area contributed by atoms with Gasteiger partial charge in [-0.05, 0) is 44.9 Å². The van der Waals surface area contributed by atoms with Crippen LogP contribution < -0.4 is 5.73 Å². The van der Waals surface area contributed by atoms with Crippen molar-refractivity contribution in [3.63, 3.8) is 0 Å². The van der Waals surface area contributed by atoms with E-state index in [4.69, 9.17) is 10.5 Å². The number of hydrogen-bond acceptors (Lipinski definition) is 3. The minimum absolute atomic E-state index is 0.108. The van der Waals surface area contributed by atoms with Gasteiger partial charge in [-0.25, -0.2) is 4.79 Å². The summed E-state index contributed by atoms with van der Waals surface area (Å²) in [4.78, 5) is 13.8. The van der Waals surface area contributed by atoms with Crippen molar-refractivity contribution >= 4 is 6.09 Å². The first-order chi connectivity index (χ1) is 11.0. The van der Waals surface area contributed by atoms with E-state index >= 15 is 0 Å². The van der Waals surface area contributed by atoms with Gasteiger partial charge in [-0.15, -0.1) is 0 Å². The number of rotatable bonds is 1. The Kier molecular flexibility index (Phi) is 5.13. The van der Waals surface area contributed by atoms with Crippen molar-refractivity contribution in [1.29, 1.82) is 0 Å². The van der Waals surface area contributed by atoms with Crippen LogP contribution in [0, 0.1) is 0 Å². The van der Waals surface area contributed by atoms with Crippen LogP contribution in [-0.2, 0) is 10.9 Å². The molecule has 1 heterocycles. The van der Waals surface area contributed by atoms with Gasteiger partial charge < -0.3 is 15.4 Å². The van der Waals surface area contributed by atoms with Crippen LogP contribution in [0.15, 0.2) is 24.3 Å². The summed E-state index contributed by atoms with van der Waals surface area (Å²) in [5.74, 6) is -0.108. The van der Waals surface area contributed by atoms with E-state index in [0.717, 1.165) is 17.7 Å². The van der Waals surface area contributed by atoms with Gasteiger partial charge in [-0.3, -0.25) is 0 Å². The summed E-state index contributed by atoms with van der Waals surface area (Å²) >= 11 is 0. The van der Waals surface area contributed by atoms with Crippen molar-refractivity contribution in [3.05, 3.63) is 35.4 Å². The van der Waals surface area contributed by atoms with E-state index in [2.05, 4.69) is 0 Å². The number of likely N-dealkylation sites (tertiary alicyclic amines) is 1. The Bertz CT molecular complexity index is 579. The van der Waals surface area contributed by atoms with Gasteiger partial charge in [-0.1, -0.05) is 12.1 Å². The van der Waals surface area contributed by atoms with Gasteiger partial charge in [0.1, 0.15) is 5.60 Å². The molecule has 7 heteroatoms. The predicted molar refractivity (Wildman–Crippen MR) is 84.6 cm³/mol. The first-order valence-electron chi connectivity index (χ1n) is 7.86. The van der Waals surface area contributed by atoms with Gasteiger partial charge in [0.2, 0.25) is 0 Å². The number of piperidine rings is 1. The molecule has 0 aliphatic carbocycles. The molecule has 0 radical (unpaired) electrons. The van der Waals surface area contributed by atoms with E-state index in [1.54, 1.807) is 20.8 Å². The predicted octanol–water partition coefficient (Wildman–Crippen LogP) is 3.76. The number of alkyl halides is 3. The molecule has 1 saturated heterocycles. The highest BCUT2D eigenvalue weighted by Crippen LogP contribution is 2.32. The molecule has 0 unspecified atom stereocenters. The molecule has 2 rings (SSSR count). The summed E-state index contributed by atoms with van der Waals surface area (Å²) in [5, 5.41) is 0. The SMILES string of the molecule is CC(C)(C)OC(=O)N1C[C@H](N)C[C@H](c2ccc(C(F)(F)F)cc2)C1. The van der Waals surface area contributed by atoms with Crippen LogP contribution in [0.25, 0.3) is 0 Å². The van der Waals surface area contributed by atoms with E-state index in [0.29, 0.717) is 19.5 Å². The highest BCUT2D eigenvalue weighted by atomic mass is 19.4. The maximum atomic E-state index is 12.7. The smallest absolute Gasteiger partial charge is 0.416 e. The van der Waals surface area contributed by atoms with Crippen molar-refractivity contribution in [2.45, 2.75) is 50.9 Å². The second kappa shape index (κ2) is 6.63. The average molecular weight is 344 g/mol. The third-order valence-electron chi connectivity index (χ3n) is 3.84. The summed E-state index contributed by atoms with van der Waals surface area (Å²) in [7, 11) is 0. The van der Waals surface area contributed by atoms with Crippen LogP contribution in [0.1, 0.15) is 44.2 Å². The van der Waals surface area contributed by atoms with Crippen LogP contribution in [0.4, 0.5) is 18.0 Å². The third kappa shape index (κ3) is 4.87. The molecular formula is C17H23F3N2O2. The molecule has 24 heavy (non-hydrogen) atoms. The lowest BCUT2D eigenvalue weighted by atomic mass is 9.88. The third-order valence-corrected chi connectivity index (χ3v) is 3.84. The quantitative estimate of drug-likeness (QED) is 0.844. The number of halogens is 3. The summed E-state index contributed by atoms with van der Waals surface area (Å²) < 4.78 is 43.3. The maximum absolute atomic E-state index is 12.7. The fraction of sp³-hybridized carbons (Fsp3) is 0.588. The van der Waals surface area contributed by atoms with E-state index in [-0.39, 0.29) is 12.0 Å². The highest BCUT2D eigenvalue weighted by molar-refractivity contribution is 5.68. The van der Waals surface area contributed by atoms with E-state index in [1.165, 1.54) is 17.0 Å². The lowest BCUT2D eigenvalue weighted by Gasteiger charge is -2.37. The molecule has 0 bridgehead atoms. The molecule has 1 aromatic rings. The molecule has 0 aromatic heterocycles. The van der Waals surface area contributed by atoms with Crippen molar-refractivity contribution in [1.82, 2.24) is 4.90 Å². The Morgan fingerprint density at radius 3 is 2.25 bits per heavy atom. The Morgan fingerprint density at radius 2 is 1.75 bits per heavy atom. The second-order valence-electron chi connectivity index (χ2n) is 7.20. The zero-order chi connectivity index (χ0) is 18.1. The van der Waals surface area contributed by atoms with Gasteiger partial charge in [0.15, 0.2) is 0 Å². The monoisotopic (exact) mass is 344 g/mol. The number of carbonyl (C=O) groups is 1. The van der Waals surface area contributed by atoms with Crippen LogP contribution in [0.5, 0.6) is 0 Å². The summed E-state index contributed by atoms with van der Waals surface area (Å²) in [5.41, 5.74) is 5.47. The topological polar surface area (TPSA) is 55.6 Å². The summed E-state index contributed by atoms with van der Waals surface area (Å²) in [6.45, 7) is 6.10. The Morgan fingerprint density at radius 1 is 1.17 bits per heavy atom. The minimum Gasteiger partial charge on any atom is -0.444 e. The molecular weight excluding hydrogens is 321 g/mol. The van der Waals surface area contributed by atoms with Crippen LogP contribution in [-0.4, -0.2) is 35.7 Å². The Hall–Kier alpha value is -1.76. The van der Waals surface area contributed by atoms with E-state index in [9.17, 15) is 18.0 Å². The molecule has 2 atom stereocenters. The van der Waals surface area contributed by atoms with E-state index in [1.807, 2.05) is 0 Å². The van der Waals surface area contributed by atoms with Crippen LogP contribution in [0.3, 0.4) is 0 Å². The normalized spacial score (nSPS) is 22.4. The van der Waals surface area contributed by atoms with Gasteiger partial charge in [-0.2, -0.15) is 13.2 Å². The van der Waals surface area contributed by atoms with Crippen molar-refractivity contribution in [3.8, 4) is 0 Å². The Balaban J connectivity index is 2.12. The van der Waals surface area contributed by atoms with Crippen LogP contribution >= 0.6 is 0 Å². The van der Waals surface area contributed by atoms with Gasteiger partial charge in [0, 0.05) is 25.0 Å².